The number of nitrogens with zero attached hydrogens (tertiary/aromatic N) is 1. The number of nitrogens with two attached hydrogens (primary N) is 1. The summed E-state index contributed by atoms with van der Waals surface area (Å²) in [5.41, 5.74) is 13.2. The Morgan fingerprint density at radius 1 is 1.10 bits per heavy atom. The number of hydrogen-bond acceptors (Lipinski definition) is 4. The summed E-state index contributed by atoms with van der Waals surface area (Å²) < 4.78 is 0. The zero-order chi connectivity index (χ0) is 20.4. The molecule has 29 heavy (non-hydrogen) atoms. The summed E-state index contributed by atoms with van der Waals surface area (Å²) in [7, 11) is 0. The van der Waals surface area contributed by atoms with Gasteiger partial charge in [0.15, 0.2) is 0 Å². The number of fused-ring (bicyclic) bond motifs is 1. The quantitative estimate of drug-likeness (QED) is 0.713. The minimum absolute atomic E-state index is 0.00946. The SMILES string of the molecule is NC(=O)C1CCN(C(=O)c2cccc(CC3NNC(=O)C4CCCCC34)c2)CC1. The van der Waals surface area contributed by atoms with Gasteiger partial charge in [-0.15, -0.1) is 0 Å². The van der Waals surface area contributed by atoms with Gasteiger partial charge in [0.25, 0.3) is 5.91 Å². The first-order valence-corrected chi connectivity index (χ1v) is 10.8. The van der Waals surface area contributed by atoms with Crippen molar-refractivity contribution in [2.75, 3.05) is 13.1 Å². The topological polar surface area (TPSA) is 105 Å². The first-order valence-electron chi connectivity index (χ1n) is 10.8. The number of rotatable bonds is 4. The molecule has 3 unspecified atom stereocenters. The third kappa shape index (κ3) is 4.29. The lowest BCUT2D eigenvalue weighted by Gasteiger charge is -2.41. The molecule has 7 nitrogen and oxygen atoms in total. The molecule has 1 aromatic carbocycles. The lowest BCUT2D eigenvalue weighted by Crippen LogP contribution is -2.60. The Kier molecular flexibility index (Phi) is 5.85. The molecule has 1 aromatic rings. The maximum absolute atomic E-state index is 12.9. The Morgan fingerprint density at radius 2 is 1.86 bits per heavy atom. The predicted octanol–water partition coefficient (Wildman–Crippen LogP) is 1.38. The van der Waals surface area contributed by atoms with Crippen LogP contribution in [0.4, 0.5) is 0 Å². The molecular weight excluding hydrogens is 368 g/mol. The minimum atomic E-state index is -0.271. The number of amides is 3. The van der Waals surface area contributed by atoms with E-state index in [0.29, 0.717) is 37.4 Å². The summed E-state index contributed by atoms with van der Waals surface area (Å²) in [6.45, 7) is 1.13. The fraction of sp³-hybridized carbons (Fsp3) is 0.591. The normalized spacial score (nSPS) is 27.8. The van der Waals surface area contributed by atoms with Gasteiger partial charge in [0.2, 0.25) is 11.8 Å². The number of carbonyl (C=O) groups is 3. The number of piperidine rings is 1. The monoisotopic (exact) mass is 398 g/mol. The van der Waals surface area contributed by atoms with Gasteiger partial charge < -0.3 is 10.6 Å². The van der Waals surface area contributed by atoms with Crippen molar-refractivity contribution in [2.45, 2.75) is 51.0 Å². The van der Waals surface area contributed by atoms with Crippen LogP contribution in [0, 0.1) is 17.8 Å². The molecule has 0 bridgehead atoms. The van der Waals surface area contributed by atoms with Crippen LogP contribution in [0.25, 0.3) is 0 Å². The van der Waals surface area contributed by atoms with E-state index in [0.717, 1.165) is 31.2 Å². The van der Waals surface area contributed by atoms with Crippen molar-refractivity contribution in [3.63, 3.8) is 0 Å². The molecule has 3 fully saturated rings. The molecule has 2 heterocycles. The highest BCUT2D eigenvalue weighted by molar-refractivity contribution is 5.94. The molecule has 3 aliphatic rings. The van der Waals surface area contributed by atoms with Gasteiger partial charge >= 0.3 is 0 Å². The van der Waals surface area contributed by atoms with E-state index < -0.39 is 0 Å². The summed E-state index contributed by atoms with van der Waals surface area (Å²) in [4.78, 5) is 38.2. The van der Waals surface area contributed by atoms with Crippen LogP contribution in [0.15, 0.2) is 24.3 Å². The number of hydrazine groups is 1. The number of likely N-dealkylation sites (tertiary alicyclic amines) is 1. The van der Waals surface area contributed by atoms with Crippen LogP contribution >= 0.6 is 0 Å². The van der Waals surface area contributed by atoms with Gasteiger partial charge in [-0.25, -0.2) is 5.43 Å². The molecule has 4 N–H and O–H groups in total. The van der Waals surface area contributed by atoms with Crippen molar-refractivity contribution >= 4 is 17.7 Å². The highest BCUT2D eigenvalue weighted by Crippen LogP contribution is 2.35. The smallest absolute Gasteiger partial charge is 0.253 e. The van der Waals surface area contributed by atoms with E-state index in [2.05, 4.69) is 10.9 Å². The van der Waals surface area contributed by atoms with E-state index in [1.165, 1.54) is 6.42 Å². The van der Waals surface area contributed by atoms with Crippen molar-refractivity contribution in [1.82, 2.24) is 15.8 Å². The largest absolute Gasteiger partial charge is 0.369 e. The molecule has 1 aliphatic carbocycles. The summed E-state index contributed by atoms with van der Waals surface area (Å²) in [5, 5.41) is 0. The van der Waals surface area contributed by atoms with Crippen LogP contribution in [0.1, 0.15) is 54.4 Å². The molecule has 2 saturated heterocycles. The lowest BCUT2D eigenvalue weighted by molar-refractivity contribution is -0.133. The number of primary amides is 1. The fourth-order valence-electron chi connectivity index (χ4n) is 5.17. The summed E-state index contributed by atoms with van der Waals surface area (Å²) in [5.74, 6) is 0.189. The van der Waals surface area contributed by atoms with Crippen LogP contribution in [0.2, 0.25) is 0 Å². The molecule has 7 heteroatoms. The first-order chi connectivity index (χ1) is 14.0. The maximum Gasteiger partial charge on any atom is 0.253 e. The fourth-order valence-corrected chi connectivity index (χ4v) is 5.17. The van der Waals surface area contributed by atoms with Gasteiger partial charge in [0.05, 0.1) is 0 Å². The van der Waals surface area contributed by atoms with E-state index in [9.17, 15) is 14.4 Å². The molecule has 0 aromatic heterocycles. The van der Waals surface area contributed by atoms with Crippen LogP contribution in [-0.2, 0) is 16.0 Å². The van der Waals surface area contributed by atoms with Gasteiger partial charge in [-0.1, -0.05) is 25.0 Å². The molecule has 1 saturated carbocycles. The van der Waals surface area contributed by atoms with Crippen LogP contribution in [0.3, 0.4) is 0 Å². The second-order valence-electron chi connectivity index (χ2n) is 8.67. The number of hydrogen-bond donors (Lipinski definition) is 3. The van der Waals surface area contributed by atoms with Gasteiger partial charge in [0.1, 0.15) is 0 Å². The number of carbonyl (C=O) groups excluding carboxylic acids is 3. The standard InChI is InChI=1S/C22H30N4O3/c23-20(27)15-8-10-26(11-9-15)22(29)16-5-3-4-14(12-16)13-19-17-6-1-2-7-18(17)21(28)25-24-19/h3-5,12,15,17-19,24H,1-2,6-11,13H2,(H2,23,27)(H,25,28). The Labute approximate surface area is 171 Å². The molecule has 0 radical (unpaired) electrons. The van der Waals surface area contributed by atoms with E-state index in [4.69, 9.17) is 5.73 Å². The van der Waals surface area contributed by atoms with E-state index in [-0.39, 0.29) is 35.6 Å². The van der Waals surface area contributed by atoms with E-state index in [1.807, 2.05) is 29.2 Å². The van der Waals surface area contributed by atoms with Crippen molar-refractivity contribution in [3.05, 3.63) is 35.4 Å². The molecule has 4 rings (SSSR count). The number of benzene rings is 1. The lowest BCUT2D eigenvalue weighted by atomic mass is 9.72. The van der Waals surface area contributed by atoms with Gasteiger partial charge in [-0.3, -0.25) is 19.8 Å². The van der Waals surface area contributed by atoms with Crippen molar-refractivity contribution in [3.8, 4) is 0 Å². The van der Waals surface area contributed by atoms with Gasteiger partial charge in [-0.2, -0.15) is 0 Å². The summed E-state index contributed by atoms with van der Waals surface area (Å²) in [6.07, 6.45) is 6.39. The third-order valence-corrected chi connectivity index (χ3v) is 6.87. The third-order valence-electron chi connectivity index (χ3n) is 6.87. The van der Waals surface area contributed by atoms with Crippen molar-refractivity contribution in [2.24, 2.45) is 23.5 Å². The number of nitrogens with one attached hydrogen (secondary N) is 2. The van der Waals surface area contributed by atoms with Crippen LogP contribution < -0.4 is 16.6 Å². The average Bonchev–Trinajstić information content (AvgIpc) is 2.76. The highest BCUT2D eigenvalue weighted by Gasteiger charge is 2.39. The summed E-state index contributed by atoms with van der Waals surface area (Å²) >= 11 is 0. The average molecular weight is 399 g/mol. The maximum atomic E-state index is 12.9. The van der Waals surface area contributed by atoms with Crippen molar-refractivity contribution in [1.29, 1.82) is 0 Å². The van der Waals surface area contributed by atoms with Crippen LogP contribution in [0.5, 0.6) is 0 Å². The van der Waals surface area contributed by atoms with Crippen molar-refractivity contribution < 1.29 is 14.4 Å². The minimum Gasteiger partial charge on any atom is -0.369 e. The molecule has 2 aliphatic heterocycles. The second-order valence-corrected chi connectivity index (χ2v) is 8.67. The molecular formula is C22H30N4O3. The Morgan fingerprint density at radius 3 is 2.62 bits per heavy atom. The predicted molar refractivity (Wildman–Crippen MR) is 108 cm³/mol. The Balaban J connectivity index is 1.42. The summed E-state index contributed by atoms with van der Waals surface area (Å²) in [6, 6.07) is 7.99. The molecule has 3 atom stereocenters. The Hall–Kier alpha value is -2.41. The molecule has 3 amide bonds. The van der Waals surface area contributed by atoms with Gasteiger partial charge in [-0.05, 0) is 55.7 Å². The molecule has 0 spiro atoms. The van der Waals surface area contributed by atoms with E-state index in [1.54, 1.807) is 0 Å². The van der Waals surface area contributed by atoms with Crippen LogP contribution in [-0.4, -0.2) is 41.8 Å². The van der Waals surface area contributed by atoms with E-state index >= 15 is 0 Å². The first kappa shape index (κ1) is 19.9. The molecule has 156 valence electrons. The Bertz CT molecular complexity index is 788. The zero-order valence-electron chi connectivity index (χ0n) is 16.7. The zero-order valence-corrected chi connectivity index (χ0v) is 16.7. The van der Waals surface area contributed by atoms with Gasteiger partial charge in [0, 0.05) is 36.5 Å². The second kappa shape index (κ2) is 8.53. The highest BCUT2D eigenvalue weighted by atomic mass is 16.2.